The number of halogens is 4. The van der Waals surface area contributed by atoms with Crippen molar-refractivity contribution in [3.63, 3.8) is 0 Å². The molecule has 0 amide bonds. The zero-order chi connectivity index (χ0) is 53.5. The van der Waals surface area contributed by atoms with E-state index in [0.29, 0.717) is 33.8 Å². The molecular formula is C52H42F4N4Na2O14. The molecule has 0 fully saturated rings. The van der Waals surface area contributed by atoms with Crippen LogP contribution in [0.5, 0.6) is 35.2 Å². The van der Waals surface area contributed by atoms with E-state index >= 15 is 0 Å². The molecule has 2 heterocycles. The Balaban J connectivity index is 0.000000274. The van der Waals surface area contributed by atoms with Crippen molar-refractivity contribution < 1.29 is 135 Å². The van der Waals surface area contributed by atoms with Gasteiger partial charge in [-0.2, -0.15) is 27.5 Å². The summed E-state index contributed by atoms with van der Waals surface area (Å²) in [6.07, 6.45) is -10.5. The third-order valence-electron chi connectivity index (χ3n) is 11.3. The summed E-state index contributed by atoms with van der Waals surface area (Å²) in [6.45, 7) is 7.90. The average Bonchev–Trinajstić information content (AvgIpc) is 3.84. The van der Waals surface area contributed by atoms with Gasteiger partial charge in [-0.05, 0) is 143 Å². The number of rotatable bonds is 18. The molecule has 0 aliphatic carbocycles. The zero-order valence-electron chi connectivity index (χ0n) is 41.5. The standard InChI is InChI=1S/2C26H22F2N2O7.2Na/c2*1-15-12-20(36-26(27,28)23(31)32)10-11-21(15)22-5-3-4-18(16(22)2)14-35-19-8-6-17(7-9-19)13-30-24(33)29-25(34)37-30;;/h2*3-12H,13-14H2,1-2H3,(H,31,32)(H,29,33,34);;/q;;2*+1/p-2. The van der Waals surface area contributed by atoms with Crippen molar-refractivity contribution in [1.82, 2.24) is 19.4 Å². The third kappa shape index (κ3) is 14.9. The summed E-state index contributed by atoms with van der Waals surface area (Å²) in [4.78, 5) is 50.6. The van der Waals surface area contributed by atoms with Gasteiger partial charge in [0, 0.05) is 0 Å². The van der Waals surface area contributed by atoms with Crippen LogP contribution in [-0.2, 0) is 35.9 Å². The first-order valence-electron chi connectivity index (χ1n) is 22.0. The van der Waals surface area contributed by atoms with E-state index in [-0.39, 0.29) is 96.9 Å². The van der Waals surface area contributed by atoms with Crippen LogP contribution in [0.25, 0.3) is 22.3 Å². The first kappa shape index (κ1) is 59.5. The molecule has 0 bridgehead atoms. The molecule has 384 valence electrons. The predicted octanol–water partition coefficient (Wildman–Crippen LogP) is 1.76. The summed E-state index contributed by atoms with van der Waals surface area (Å²) in [7, 11) is 0. The van der Waals surface area contributed by atoms with Gasteiger partial charge in [0.2, 0.25) is 0 Å². The van der Waals surface area contributed by atoms with Gasteiger partial charge in [0.1, 0.15) is 36.2 Å². The number of benzene rings is 6. The predicted molar refractivity (Wildman–Crippen MR) is 249 cm³/mol. The zero-order valence-corrected chi connectivity index (χ0v) is 45.5. The Labute approximate surface area is 473 Å². The molecule has 0 saturated carbocycles. The van der Waals surface area contributed by atoms with Crippen LogP contribution in [-0.4, -0.2) is 53.8 Å². The van der Waals surface area contributed by atoms with Crippen molar-refractivity contribution in [2.45, 2.75) is 66.2 Å². The fraction of sp³-hybridized carbons (Fsp3) is 0.192. The van der Waals surface area contributed by atoms with E-state index in [4.69, 9.17) is 28.7 Å². The Morgan fingerprint density at radius 3 is 1.18 bits per heavy atom. The normalized spacial score (nSPS) is 11.1. The second kappa shape index (κ2) is 25.5. The van der Waals surface area contributed by atoms with Crippen LogP contribution in [0.4, 0.5) is 17.6 Å². The molecule has 76 heavy (non-hydrogen) atoms. The molecule has 0 aliphatic rings. The molecule has 24 heteroatoms. The molecule has 0 atom stereocenters. The van der Waals surface area contributed by atoms with Gasteiger partial charge < -0.3 is 48.4 Å². The van der Waals surface area contributed by atoms with Gasteiger partial charge in [0.25, 0.3) is 0 Å². The molecule has 2 aromatic heterocycles. The van der Waals surface area contributed by atoms with E-state index in [1.165, 1.54) is 24.3 Å². The monoisotopic (exact) mass is 1070 g/mol. The van der Waals surface area contributed by atoms with Crippen LogP contribution in [0.3, 0.4) is 0 Å². The Bertz CT molecular complexity index is 3230. The minimum Gasteiger partial charge on any atom is -0.528 e. The molecule has 0 aliphatic heterocycles. The number of hydrogen-bond acceptors (Lipinski definition) is 14. The van der Waals surface area contributed by atoms with E-state index < -0.39 is 47.7 Å². The molecular weight excluding hydrogens is 1030 g/mol. The number of carboxylic acids is 2. The second-order valence-electron chi connectivity index (χ2n) is 16.4. The Kier molecular flexibility index (Phi) is 19.9. The van der Waals surface area contributed by atoms with Gasteiger partial charge in [-0.25, -0.2) is 28.7 Å². The molecule has 8 rings (SSSR count). The summed E-state index contributed by atoms with van der Waals surface area (Å²) in [5.74, 6) is -4.07. The van der Waals surface area contributed by atoms with Crippen LogP contribution in [0.15, 0.2) is 140 Å². The maximum Gasteiger partial charge on any atom is 1.00 e. The van der Waals surface area contributed by atoms with E-state index in [1.807, 2.05) is 50.2 Å². The third-order valence-corrected chi connectivity index (χ3v) is 11.3. The molecule has 18 nitrogen and oxygen atoms in total. The molecule has 0 radical (unpaired) electrons. The molecule has 2 N–H and O–H groups in total. The van der Waals surface area contributed by atoms with Crippen LogP contribution >= 0.6 is 0 Å². The van der Waals surface area contributed by atoms with Crippen molar-refractivity contribution in [1.29, 1.82) is 0 Å². The molecule has 0 saturated heterocycles. The van der Waals surface area contributed by atoms with E-state index in [9.17, 15) is 47.0 Å². The van der Waals surface area contributed by atoms with Crippen LogP contribution in [0, 0.1) is 27.7 Å². The molecule has 0 spiro atoms. The summed E-state index contributed by atoms with van der Waals surface area (Å²) in [5.41, 5.74) is 8.10. The maximum atomic E-state index is 13.4. The smallest absolute Gasteiger partial charge is 0.528 e. The number of ether oxygens (including phenoxy) is 4. The largest absolute Gasteiger partial charge is 1.00 e. The summed E-state index contributed by atoms with van der Waals surface area (Å²) >= 11 is 0. The Hall–Kier alpha value is -7.34. The fourth-order valence-corrected chi connectivity index (χ4v) is 7.46. The van der Waals surface area contributed by atoms with Gasteiger partial charge in [-0.3, -0.25) is 0 Å². The quantitative estimate of drug-likeness (QED) is 0.0917. The van der Waals surface area contributed by atoms with Gasteiger partial charge >= 0.3 is 94.6 Å². The topological polar surface area (TPSA) is 254 Å². The van der Waals surface area contributed by atoms with Crippen molar-refractivity contribution in [3.8, 4) is 57.4 Å². The first-order chi connectivity index (χ1) is 35.1. The van der Waals surface area contributed by atoms with Crippen LogP contribution in [0.2, 0.25) is 0 Å². The number of aliphatic carboxylic acids is 2. The maximum absolute atomic E-state index is 13.4. The van der Waals surface area contributed by atoms with Gasteiger partial charge in [-0.15, -0.1) is 0 Å². The number of hydrogen-bond donors (Lipinski definition) is 2. The molecule has 6 aromatic carbocycles. The molecule has 8 aromatic rings. The minimum absolute atomic E-state index is 0. The van der Waals surface area contributed by atoms with Gasteiger partial charge in [0.05, 0.1) is 13.1 Å². The average molecular weight is 1070 g/mol. The van der Waals surface area contributed by atoms with Gasteiger partial charge in [-0.1, -0.05) is 72.8 Å². The van der Waals surface area contributed by atoms with E-state index in [2.05, 4.69) is 19.4 Å². The van der Waals surface area contributed by atoms with Crippen LogP contribution < -0.4 is 99.7 Å². The van der Waals surface area contributed by atoms with Crippen molar-refractivity contribution in [2.75, 3.05) is 0 Å². The summed E-state index contributed by atoms with van der Waals surface area (Å²) in [6, 6.07) is 33.7. The van der Waals surface area contributed by atoms with Gasteiger partial charge in [0.15, 0.2) is 12.2 Å². The van der Waals surface area contributed by atoms with Crippen molar-refractivity contribution in [2.24, 2.45) is 0 Å². The Morgan fingerprint density at radius 1 is 0.539 bits per heavy atom. The first-order valence-corrected chi connectivity index (χ1v) is 22.0. The summed E-state index contributed by atoms with van der Waals surface area (Å²) in [5, 5.41) is 39.2. The molecule has 0 unspecified atom stereocenters. The number of aromatic nitrogens is 4. The fourth-order valence-electron chi connectivity index (χ4n) is 7.46. The Morgan fingerprint density at radius 2 is 0.882 bits per heavy atom. The number of aryl methyl sites for hydroxylation is 2. The number of carbonyl (C=O) groups is 2. The van der Waals surface area contributed by atoms with Crippen molar-refractivity contribution >= 4 is 11.9 Å². The number of nitrogens with zero attached hydrogens (tertiary/aromatic N) is 4. The number of alkyl halides is 4. The number of carboxylic acid groups (broad SMARTS) is 2. The second-order valence-corrected chi connectivity index (χ2v) is 16.4. The van der Waals surface area contributed by atoms with E-state index in [1.54, 1.807) is 74.5 Å². The minimum atomic E-state index is -4.33. The van der Waals surface area contributed by atoms with E-state index in [0.717, 1.165) is 54.0 Å². The summed E-state index contributed by atoms with van der Waals surface area (Å²) < 4.78 is 85.2. The SMILES string of the molecule is Cc1cc(OC(F)(F)C(=O)O)ccc1-c1cccc(COc2ccc(Cn3oc([O-])nc3=O)cc2)c1C.Cc1cc(OC(F)(F)C(=O)O)ccc1-c1cccc(COc2ccc(Cn3oc([O-])nc3=O)cc2)c1C.[Na+].[Na+]. The van der Waals surface area contributed by atoms with Crippen molar-refractivity contribution in [3.05, 3.63) is 187 Å². The van der Waals surface area contributed by atoms with Crippen LogP contribution in [0.1, 0.15) is 44.5 Å².